The number of amides is 1. The fourth-order valence-corrected chi connectivity index (χ4v) is 3.59. The van der Waals surface area contributed by atoms with E-state index < -0.39 is 0 Å². The van der Waals surface area contributed by atoms with Crippen molar-refractivity contribution in [2.45, 2.75) is 19.9 Å². The van der Waals surface area contributed by atoms with Gasteiger partial charge in [0.2, 0.25) is 5.91 Å². The Kier molecular flexibility index (Phi) is 5.34. The van der Waals surface area contributed by atoms with Crippen molar-refractivity contribution < 1.29 is 14.3 Å². The average molecular weight is 442 g/mol. The Bertz CT molecular complexity index is 1000. The van der Waals surface area contributed by atoms with Gasteiger partial charge in [-0.15, -0.1) is 0 Å². The number of halogens is 1. The quantitative estimate of drug-likeness (QED) is 0.650. The molecule has 0 unspecified atom stereocenters. The molecule has 0 saturated carbocycles. The SMILES string of the molecule is Cc1cc(NC(=O)Cc2cc3c(cc2Br)OCCO3)n(Cc2ccccc2)n1. The normalized spacial score (nSPS) is 12.6. The fraction of sp³-hybridized carbons (Fsp3) is 0.238. The molecule has 0 atom stereocenters. The highest BCUT2D eigenvalue weighted by molar-refractivity contribution is 9.10. The highest BCUT2D eigenvalue weighted by Gasteiger charge is 2.17. The number of hydrogen-bond donors (Lipinski definition) is 1. The van der Waals surface area contributed by atoms with Crippen LogP contribution in [0.15, 0.2) is 53.0 Å². The number of nitrogens with zero attached hydrogens (tertiary/aromatic N) is 2. The number of carbonyl (C=O) groups excluding carboxylic acids is 1. The summed E-state index contributed by atoms with van der Waals surface area (Å²) in [6, 6.07) is 15.6. The number of aromatic nitrogens is 2. The lowest BCUT2D eigenvalue weighted by Crippen LogP contribution is -2.19. The monoisotopic (exact) mass is 441 g/mol. The predicted molar refractivity (Wildman–Crippen MR) is 110 cm³/mol. The maximum absolute atomic E-state index is 12.7. The van der Waals surface area contributed by atoms with Gasteiger partial charge in [-0.1, -0.05) is 46.3 Å². The molecule has 3 aromatic rings. The van der Waals surface area contributed by atoms with Gasteiger partial charge >= 0.3 is 0 Å². The molecule has 1 N–H and O–H groups in total. The van der Waals surface area contributed by atoms with E-state index in [1.807, 2.05) is 55.5 Å². The van der Waals surface area contributed by atoms with E-state index in [9.17, 15) is 4.79 Å². The zero-order chi connectivity index (χ0) is 19.5. The number of rotatable bonds is 5. The first kappa shape index (κ1) is 18.6. The number of anilines is 1. The minimum atomic E-state index is -0.119. The van der Waals surface area contributed by atoms with Crippen LogP contribution in [0.2, 0.25) is 0 Å². The van der Waals surface area contributed by atoms with Gasteiger partial charge in [0.25, 0.3) is 0 Å². The Morgan fingerprint density at radius 1 is 1.14 bits per heavy atom. The molecule has 7 heteroatoms. The summed E-state index contributed by atoms with van der Waals surface area (Å²) in [6.07, 6.45) is 0.215. The van der Waals surface area contributed by atoms with Crippen LogP contribution in [0.1, 0.15) is 16.8 Å². The van der Waals surface area contributed by atoms with Crippen molar-refractivity contribution in [3.8, 4) is 11.5 Å². The molecule has 1 aliphatic heterocycles. The number of aryl methyl sites for hydroxylation is 1. The molecular formula is C21H20BrN3O3. The van der Waals surface area contributed by atoms with Crippen LogP contribution < -0.4 is 14.8 Å². The van der Waals surface area contributed by atoms with E-state index >= 15 is 0 Å². The summed E-state index contributed by atoms with van der Waals surface area (Å²) in [5, 5.41) is 7.47. The number of fused-ring (bicyclic) bond motifs is 1. The summed E-state index contributed by atoms with van der Waals surface area (Å²) in [7, 11) is 0. The van der Waals surface area contributed by atoms with E-state index in [0.29, 0.717) is 37.1 Å². The lowest BCUT2D eigenvalue weighted by Gasteiger charge is -2.20. The van der Waals surface area contributed by atoms with Crippen LogP contribution in [-0.2, 0) is 17.8 Å². The van der Waals surface area contributed by atoms with Gasteiger partial charge in [-0.05, 0) is 30.2 Å². The summed E-state index contributed by atoms with van der Waals surface area (Å²) < 4.78 is 13.8. The minimum absolute atomic E-state index is 0.119. The number of ether oxygens (including phenoxy) is 2. The molecule has 4 rings (SSSR count). The molecule has 1 amide bonds. The molecule has 6 nitrogen and oxygen atoms in total. The maximum Gasteiger partial charge on any atom is 0.229 e. The maximum atomic E-state index is 12.7. The number of carbonyl (C=O) groups is 1. The van der Waals surface area contributed by atoms with Gasteiger partial charge in [0.15, 0.2) is 11.5 Å². The molecule has 1 aromatic heterocycles. The zero-order valence-electron chi connectivity index (χ0n) is 15.4. The largest absolute Gasteiger partial charge is 0.486 e. The van der Waals surface area contributed by atoms with Crippen LogP contribution in [0.25, 0.3) is 0 Å². The van der Waals surface area contributed by atoms with E-state index in [-0.39, 0.29) is 12.3 Å². The van der Waals surface area contributed by atoms with E-state index in [2.05, 4.69) is 26.3 Å². The third kappa shape index (κ3) is 4.20. The second-order valence-electron chi connectivity index (χ2n) is 6.63. The third-order valence-electron chi connectivity index (χ3n) is 4.41. The molecule has 0 fully saturated rings. The Morgan fingerprint density at radius 3 is 2.61 bits per heavy atom. The molecule has 0 bridgehead atoms. The predicted octanol–water partition coefficient (Wildman–Crippen LogP) is 3.95. The molecule has 1 aliphatic rings. The highest BCUT2D eigenvalue weighted by atomic mass is 79.9. The number of hydrogen-bond acceptors (Lipinski definition) is 4. The number of nitrogens with one attached hydrogen (secondary N) is 1. The van der Waals surface area contributed by atoms with E-state index in [1.54, 1.807) is 4.68 Å². The summed E-state index contributed by atoms with van der Waals surface area (Å²) >= 11 is 3.52. The van der Waals surface area contributed by atoms with E-state index in [0.717, 1.165) is 21.3 Å². The summed E-state index contributed by atoms with van der Waals surface area (Å²) in [5.74, 6) is 1.92. The molecule has 0 aliphatic carbocycles. The minimum Gasteiger partial charge on any atom is -0.486 e. The Morgan fingerprint density at radius 2 is 1.86 bits per heavy atom. The van der Waals surface area contributed by atoms with Crippen molar-refractivity contribution in [2.24, 2.45) is 0 Å². The van der Waals surface area contributed by atoms with Crippen molar-refractivity contribution in [3.05, 3.63) is 69.8 Å². The second kappa shape index (κ2) is 8.06. The van der Waals surface area contributed by atoms with Crippen molar-refractivity contribution in [2.75, 3.05) is 18.5 Å². The number of benzene rings is 2. The van der Waals surface area contributed by atoms with Crippen molar-refractivity contribution >= 4 is 27.7 Å². The van der Waals surface area contributed by atoms with Gasteiger partial charge in [-0.2, -0.15) is 5.10 Å². The lowest BCUT2D eigenvalue weighted by atomic mass is 10.1. The smallest absolute Gasteiger partial charge is 0.229 e. The van der Waals surface area contributed by atoms with Crippen molar-refractivity contribution in [1.82, 2.24) is 9.78 Å². The van der Waals surface area contributed by atoms with Crippen LogP contribution in [0, 0.1) is 6.92 Å². The first-order valence-corrected chi connectivity index (χ1v) is 9.84. The van der Waals surface area contributed by atoms with Crippen LogP contribution in [-0.4, -0.2) is 28.9 Å². The van der Waals surface area contributed by atoms with Gasteiger partial charge in [0.1, 0.15) is 19.0 Å². The van der Waals surface area contributed by atoms with Crippen molar-refractivity contribution in [3.63, 3.8) is 0 Å². The third-order valence-corrected chi connectivity index (χ3v) is 5.15. The second-order valence-corrected chi connectivity index (χ2v) is 7.48. The fourth-order valence-electron chi connectivity index (χ4n) is 3.12. The van der Waals surface area contributed by atoms with Gasteiger partial charge in [0, 0.05) is 10.5 Å². The van der Waals surface area contributed by atoms with Crippen LogP contribution in [0.5, 0.6) is 11.5 Å². The van der Waals surface area contributed by atoms with Crippen molar-refractivity contribution in [1.29, 1.82) is 0 Å². The van der Waals surface area contributed by atoms with E-state index in [1.165, 1.54) is 0 Å². The Labute approximate surface area is 171 Å². The molecular weight excluding hydrogens is 422 g/mol. The summed E-state index contributed by atoms with van der Waals surface area (Å²) in [5.41, 5.74) is 2.81. The first-order chi connectivity index (χ1) is 13.6. The summed E-state index contributed by atoms with van der Waals surface area (Å²) in [6.45, 7) is 3.55. The molecule has 2 heterocycles. The topological polar surface area (TPSA) is 65.4 Å². The molecule has 0 radical (unpaired) electrons. The van der Waals surface area contributed by atoms with Gasteiger partial charge < -0.3 is 14.8 Å². The lowest BCUT2D eigenvalue weighted by molar-refractivity contribution is -0.115. The first-order valence-electron chi connectivity index (χ1n) is 9.05. The zero-order valence-corrected chi connectivity index (χ0v) is 17.0. The van der Waals surface area contributed by atoms with E-state index in [4.69, 9.17) is 9.47 Å². The van der Waals surface area contributed by atoms with Crippen LogP contribution in [0.4, 0.5) is 5.82 Å². The Hall–Kier alpha value is -2.80. The average Bonchev–Trinajstić information content (AvgIpc) is 3.01. The molecule has 0 spiro atoms. The molecule has 144 valence electrons. The summed E-state index contributed by atoms with van der Waals surface area (Å²) in [4.78, 5) is 12.7. The standard InChI is InChI=1S/C21H20BrN3O3/c1-14-9-20(25(24-14)13-15-5-3-2-4-6-15)23-21(26)11-16-10-18-19(12-17(16)22)28-8-7-27-18/h2-6,9-10,12H,7-8,11,13H2,1H3,(H,23,26). The highest BCUT2D eigenvalue weighted by Crippen LogP contribution is 2.35. The molecule has 0 saturated heterocycles. The van der Waals surface area contributed by atoms with Gasteiger partial charge in [0.05, 0.1) is 18.7 Å². The molecule has 2 aromatic carbocycles. The molecule has 28 heavy (non-hydrogen) atoms. The Balaban J connectivity index is 1.49. The van der Waals surface area contributed by atoms with Gasteiger partial charge in [-0.25, -0.2) is 4.68 Å². The van der Waals surface area contributed by atoms with Crippen LogP contribution >= 0.6 is 15.9 Å². The van der Waals surface area contributed by atoms with Crippen LogP contribution in [0.3, 0.4) is 0 Å². The van der Waals surface area contributed by atoms with Gasteiger partial charge in [-0.3, -0.25) is 4.79 Å².